The zero-order valence-electron chi connectivity index (χ0n) is 16.8. The van der Waals surface area contributed by atoms with Gasteiger partial charge in [-0.1, -0.05) is 54.6 Å². The molecule has 3 rings (SSSR count). The van der Waals surface area contributed by atoms with Crippen molar-refractivity contribution in [2.75, 3.05) is 12.8 Å². The monoisotopic (exact) mass is 424 g/mol. The van der Waals surface area contributed by atoms with E-state index in [4.69, 9.17) is 4.74 Å². The van der Waals surface area contributed by atoms with Gasteiger partial charge in [0.25, 0.3) is 0 Å². The number of esters is 1. The Labute approximate surface area is 180 Å². The lowest BCUT2D eigenvalue weighted by Gasteiger charge is -2.26. The number of benzene rings is 3. The van der Waals surface area contributed by atoms with Gasteiger partial charge in [-0.3, -0.25) is 0 Å². The fourth-order valence-electron chi connectivity index (χ4n) is 3.41. The Bertz CT molecular complexity index is 828. The third-order valence-electron chi connectivity index (χ3n) is 4.86. The van der Waals surface area contributed by atoms with Gasteiger partial charge in [0.05, 0.1) is 12.8 Å². The molecular formula is C25H26ClO2P. The number of carbonyl (C=O) groups excluding carboxylic acids is 1. The molecule has 0 N–H and O–H groups in total. The van der Waals surface area contributed by atoms with Crippen LogP contribution in [-0.4, -0.2) is 18.7 Å². The molecule has 0 spiro atoms. The van der Waals surface area contributed by atoms with Gasteiger partial charge in [-0.25, -0.2) is 4.79 Å². The maximum atomic E-state index is 12.2. The molecule has 3 aromatic rings. The van der Waals surface area contributed by atoms with Crippen molar-refractivity contribution in [3.63, 3.8) is 0 Å². The van der Waals surface area contributed by atoms with E-state index in [1.165, 1.54) is 15.9 Å². The molecule has 0 heterocycles. The van der Waals surface area contributed by atoms with Crippen molar-refractivity contribution in [2.45, 2.75) is 13.8 Å². The van der Waals surface area contributed by atoms with Crippen LogP contribution in [0.4, 0.5) is 0 Å². The van der Waals surface area contributed by atoms with Crippen molar-refractivity contribution in [1.82, 2.24) is 0 Å². The van der Waals surface area contributed by atoms with Crippen molar-refractivity contribution < 1.29 is 21.9 Å². The van der Waals surface area contributed by atoms with Crippen LogP contribution in [0.25, 0.3) is 0 Å². The van der Waals surface area contributed by atoms with Crippen molar-refractivity contribution in [3.8, 4) is 0 Å². The van der Waals surface area contributed by atoms with Crippen molar-refractivity contribution in [2.24, 2.45) is 0 Å². The van der Waals surface area contributed by atoms with Crippen molar-refractivity contribution in [3.05, 3.63) is 103 Å². The Balaban J connectivity index is 0.00000300. The third-order valence-corrected chi connectivity index (χ3v) is 9.13. The normalized spacial score (nSPS) is 11.4. The molecular weight excluding hydrogens is 399 g/mol. The van der Waals surface area contributed by atoms with Crippen LogP contribution in [0.15, 0.2) is 103 Å². The second-order valence-corrected chi connectivity index (χ2v) is 10.1. The van der Waals surface area contributed by atoms with E-state index in [0.29, 0.717) is 12.2 Å². The van der Waals surface area contributed by atoms with Crippen LogP contribution >= 0.6 is 7.26 Å². The molecule has 0 aromatic heterocycles. The van der Waals surface area contributed by atoms with E-state index in [-0.39, 0.29) is 18.4 Å². The Hall–Kier alpha value is -2.41. The lowest BCUT2D eigenvalue weighted by atomic mass is 10.3. The van der Waals surface area contributed by atoms with E-state index in [1.54, 1.807) is 0 Å². The molecule has 0 amide bonds. The van der Waals surface area contributed by atoms with E-state index in [1.807, 2.05) is 32.0 Å². The summed E-state index contributed by atoms with van der Waals surface area (Å²) in [6, 6.07) is 32.0. The summed E-state index contributed by atoms with van der Waals surface area (Å²) in [6.45, 7) is 4.06. The molecule has 0 saturated heterocycles. The van der Waals surface area contributed by atoms with E-state index in [2.05, 4.69) is 78.9 Å². The summed E-state index contributed by atoms with van der Waals surface area (Å²) in [5, 5.41) is 3.92. The molecule has 0 aliphatic heterocycles. The summed E-state index contributed by atoms with van der Waals surface area (Å²) in [4.78, 5) is 12.2. The second kappa shape index (κ2) is 11.0. The Morgan fingerprint density at radius 2 is 1.17 bits per heavy atom. The summed E-state index contributed by atoms with van der Waals surface area (Å²) in [7, 11) is -1.95. The third kappa shape index (κ3) is 5.15. The molecule has 0 atom stereocenters. The summed E-state index contributed by atoms with van der Waals surface area (Å²) >= 11 is 0. The number of hydrogen-bond donors (Lipinski definition) is 0. The molecule has 4 heteroatoms. The maximum Gasteiger partial charge on any atom is 0.333 e. The van der Waals surface area contributed by atoms with Crippen LogP contribution in [0.5, 0.6) is 0 Å². The molecule has 29 heavy (non-hydrogen) atoms. The topological polar surface area (TPSA) is 26.3 Å². The van der Waals surface area contributed by atoms with Crippen molar-refractivity contribution in [1.29, 1.82) is 0 Å². The van der Waals surface area contributed by atoms with Crippen LogP contribution in [0, 0.1) is 0 Å². The minimum absolute atomic E-state index is 0. The van der Waals surface area contributed by atoms with Gasteiger partial charge in [0, 0.05) is 5.57 Å². The fraction of sp³-hybridized carbons (Fsp3) is 0.160. The van der Waals surface area contributed by atoms with E-state index in [0.717, 1.165) is 6.16 Å². The highest BCUT2D eigenvalue weighted by Crippen LogP contribution is 2.55. The number of rotatable bonds is 7. The second-order valence-electron chi connectivity index (χ2n) is 6.61. The standard InChI is InChI=1S/C25H26O2P.ClH/c1-3-27-25(26)21(2)19-20-28(22-13-7-4-8-14-22,23-15-9-5-10-16-23)24-17-11-6-12-18-24;/h4-19H,3,20H2,1-2H3;1H/q+1;/p-1. The smallest absolute Gasteiger partial charge is 0.333 e. The first-order valence-electron chi connectivity index (χ1n) is 9.57. The highest BCUT2D eigenvalue weighted by molar-refractivity contribution is 7.95. The molecule has 0 aliphatic rings. The van der Waals surface area contributed by atoms with Crippen LogP contribution in [0.2, 0.25) is 0 Å². The average Bonchev–Trinajstić information content (AvgIpc) is 2.76. The number of allylic oxidation sites excluding steroid dienone is 1. The van der Waals surface area contributed by atoms with Gasteiger partial charge in [-0.05, 0) is 56.3 Å². The van der Waals surface area contributed by atoms with Crippen LogP contribution in [0.3, 0.4) is 0 Å². The number of halogens is 1. The largest absolute Gasteiger partial charge is 1.00 e. The lowest BCUT2D eigenvalue weighted by molar-refractivity contribution is -0.138. The minimum atomic E-state index is -1.95. The fourth-order valence-corrected chi connectivity index (χ4v) is 7.53. The molecule has 0 radical (unpaired) electrons. The molecule has 0 saturated carbocycles. The van der Waals surface area contributed by atoms with Crippen molar-refractivity contribution >= 4 is 29.1 Å². The molecule has 0 bridgehead atoms. The lowest BCUT2D eigenvalue weighted by Crippen LogP contribution is -3.00. The number of ether oxygens (including phenoxy) is 1. The van der Waals surface area contributed by atoms with Gasteiger partial charge >= 0.3 is 5.97 Å². The highest BCUT2D eigenvalue weighted by atomic mass is 35.5. The van der Waals surface area contributed by atoms with Crippen LogP contribution < -0.4 is 28.3 Å². The molecule has 150 valence electrons. The number of carbonyl (C=O) groups is 1. The zero-order valence-corrected chi connectivity index (χ0v) is 18.4. The van der Waals surface area contributed by atoms with Gasteiger partial charge in [0.1, 0.15) is 23.2 Å². The van der Waals surface area contributed by atoms with Crippen LogP contribution in [0.1, 0.15) is 13.8 Å². The summed E-state index contributed by atoms with van der Waals surface area (Å²) < 4.78 is 5.19. The molecule has 0 aliphatic carbocycles. The Morgan fingerprint density at radius 3 is 1.52 bits per heavy atom. The predicted octanol–water partition coefficient (Wildman–Crippen LogP) is 1.49. The van der Waals surface area contributed by atoms with Gasteiger partial charge in [0.2, 0.25) is 0 Å². The molecule has 3 aromatic carbocycles. The zero-order chi connectivity index (χ0) is 19.8. The van der Waals surface area contributed by atoms with Crippen LogP contribution in [-0.2, 0) is 9.53 Å². The van der Waals surface area contributed by atoms with Gasteiger partial charge < -0.3 is 17.1 Å². The van der Waals surface area contributed by atoms with E-state index >= 15 is 0 Å². The molecule has 0 fully saturated rings. The highest BCUT2D eigenvalue weighted by Gasteiger charge is 2.44. The maximum absolute atomic E-state index is 12.2. The first-order chi connectivity index (χ1) is 13.7. The SMILES string of the molecule is CCOC(=O)C(C)=CC[P+](c1ccccc1)(c1ccccc1)c1ccccc1.[Cl-]. The summed E-state index contributed by atoms with van der Waals surface area (Å²) in [5.41, 5.74) is 0.661. The predicted molar refractivity (Wildman–Crippen MR) is 120 cm³/mol. The Morgan fingerprint density at radius 1 is 0.793 bits per heavy atom. The van der Waals surface area contributed by atoms with Gasteiger partial charge in [0.15, 0.2) is 0 Å². The Kier molecular flexibility index (Phi) is 8.64. The minimum Gasteiger partial charge on any atom is -1.00 e. The number of hydrogen-bond acceptors (Lipinski definition) is 2. The van der Waals surface area contributed by atoms with E-state index < -0.39 is 7.26 Å². The first kappa shape index (κ1) is 22.9. The summed E-state index contributed by atoms with van der Waals surface area (Å²) in [6.07, 6.45) is 2.83. The average molecular weight is 425 g/mol. The molecule has 2 nitrogen and oxygen atoms in total. The quantitative estimate of drug-likeness (QED) is 0.326. The summed E-state index contributed by atoms with van der Waals surface area (Å²) in [5.74, 6) is -0.241. The first-order valence-corrected chi connectivity index (χ1v) is 11.5. The van der Waals surface area contributed by atoms with Gasteiger partial charge in [-0.2, -0.15) is 0 Å². The molecule has 0 unspecified atom stereocenters. The van der Waals surface area contributed by atoms with E-state index in [9.17, 15) is 4.79 Å². The van der Waals surface area contributed by atoms with Gasteiger partial charge in [-0.15, -0.1) is 0 Å².